The van der Waals surface area contributed by atoms with Crippen molar-refractivity contribution in [3.63, 3.8) is 0 Å². The molecule has 0 radical (unpaired) electrons. The molecule has 8 nitrogen and oxygen atoms in total. The number of thiocarbonyl (C=S) groups is 1. The van der Waals surface area contributed by atoms with Crippen molar-refractivity contribution in [3.8, 4) is 0 Å². The molecule has 2 amide bonds. The standard InChI is InChI=1S/C26H31F8N5O3S/c1-13-9-24(27,28)12-39(13)21(41)18(37-14(2)20(40)36-11-22(3,4)42)19(43)15-10-35-17(8-16(15)25(29,30)31)38-23(6-5-7-23)26(32,33)34/h8,10,13,18,42H,5-7,9,11-12H2,1-4H3,(H,35,38)(H,36,40)/t13-,18?/m0/s1. The summed E-state index contributed by atoms with van der Waals surface area (Å²) in [6.07, 6.45) is -10.7. The molecule has 0 bridgehead atoms. The Labute approximate surface area is 247 Å². The lowest BCUT2D eigenvalue weighted by molar-refractivity contribution is -0.198. The topological polar surface area (TPSA) is 107 Å². The van der Waals surface area contributed by atoms with Gasteiger partial charge in [0, 0.05) is 30.8 Å². The van der Waals surface area contributed by atoms with Gasteiger partial charge in [-0.15, -0.1) is 0 Å². The van der Waals surface area contributed by atoms with Crippen LogP contribution in [-0.2, 0) is 15.8 Å². The first kappa shape index (κ1) is 34.5. The van der Waals surface area contributed by atoms with E-state index in [1.54, 1.807) is 0 Å². The molecule has 3 rings (SSSR count). The van der Waals surface area contributed by atoms with Crippen molar-refractivity contribution in [2.75, 3.05) is 18.4 Å². The predicted molar refractivity (Wildman–Crippen MR) is 144 cm³/mol. The number of hydrogen-bond donors (Lipinski definition) is 3. The van der Waals surface area contributed by atoms with Gasteiger partial charge in [-0.05, 0) is 53.0 Å². The van der Waals surface area contributed by atoms with Gasteiger partial charge in [-0.1, -0.05) is 12.2 Å². The summed E-state index contributed by atoms with van der Waals surface area (Å²) in [4.78, 5) is 33.6. The molecule has 0 spiro atoms. The van der Waals surface area contributed by atoms with Gasteiger partial charge >= 0.3 is 12.4 Å². The van der Waals surface area contributed by atoms with Crippen LogP contribution in [0.25, 0.3) is 0 Å². The first-order chi connectivity index (χ1) is 19.5. The van der Waals surface area contributed by atoms with Gasteiger partial charge in [-0.25, -0.2) is 13.8 Å². The van der Waals surface area contributed by atoms with Crippen LogP contribution >= 0.6 is 12.2 Å². The molecular formula is C26H31F8N5O3S. The number of hydrogen-bond acceptors (Lipinski definition) is 7. The van der Waals surface area contributed by atoms with Crippen LogP contribution in [0.15, 0.2) is 17.3 Å². The zero-order chi connectivity index (χ0) is 32.8. The summed E-state index contributed by atoms with van der Waals surface area (Å²) in [6, 6.07) is -2.80. The van der Waals surface area contributed by atoms with Crippen LogP contribution in [-0.4, -0.2) is 85.8 Å². The highest BCUT2D eigenvalue weighted by Gasteiger charge is 2.58. The third kappa shape index (κ3) is 7.96. The Morgan fingerprint density at radius 1 is 1.21 bits per heavy atom. The van der Waals surface area contributed by atoms with E-state index in [0.717, 1.165) is 6.92 Å². The van der Waals surface area contributed by atoms with Crippen LogP contribution in [0.5, 0.6) is 0 Å². The number of carbonyl (C=O) groups is 2. The van der Waals surface area contributed by atoms with Crippen molar-refractivity contribution in [2.45, 2.75) is 94.9 Å². The highest BCUT2D eigenvalue weighted by molar-refractivity contribution is 7.81. The third-order valence-electron chi connectivity index (χ3n) is 7.22. The number of pyridine rings is 1. The number of aromatic nitrogens is 1. The van der Waals surface area contributed by atoms with Gasteiger partial charge < -0.3 is 20.6 Å². The molecule has 2 aliphatic rings. The number of likely N-dealkylation sites (tertiary alicyclic amines) is 1. The zero-order valence-corrected chi connectivity index (χ0v) is 24.4. The number of alkyl halides is 8. The monoisotopic (exact) mass is 645 g/mol. The maximum atomic E-state index is 14.2. The number of rotatable bonds is 9. The molecule has 17 heteroatoms. The first-order valence-corrected chi connectivity index (χ1v) is 13.6. The van der Waals surface area contributed by atoms with Crippen LogP contribution in [0.3, 0.4) is 0 Å². The van der Waals surface area contributed by atoms with Crippen molar-refractivity contribution in [2.24, 2.45) is 4.99 Å². The number of halogens is 8. The third-order valence-corrected chi connectivity index (χ3v) is 7.66. The first-order valence-electron chi connectivity index (χ1n) is 13.2. The second kappa shape index (κ2) is 11.9. The molecule has 1 aliphatic carbocycles. The summed E-state index contributed by atoms with van der Waals surface area (Å²) in [5, 5.41) is 14.2. The van der Waals surface area contributed by atoms with Gasteiger partial charge in [0.2, 0.25) is 0 Å². The number of nitrogens with one attached hydrogen (secondary N) is 2. The van der Waals surface area contributed by atoms with E-state index in [1.807, 2.05) is 0 Å². The van der Waals surface area contributed by atoms with Crippen molar-refractivity contribution in [1.29, 1.82) is 0 Å². The summed E-state index contributed by atoms with van der Waals surface area (Å²) in [7, 11) is 0. The molecular weight excluding hydrogens is 614 g/mol. The Hall–Kier alpha value is -2.95. The molecule has 1 unspecified atom stereocenters. The Morgan fingerprint density at radius 2 is 1.81 bits per heavy atom. The van der Waals surface area contributed by atoms with Crippen LogP contribution < -0.4 is 10.6 Å². The van der Waals surface area contributed by atoms with Gasteiger partial charge in [0.05, 0.1) is 28.3 Å². The van der Waals surface area contributed by atoms with E-state index in [-0.39, 0.29) is 25.8 Å². The van der Waals surface area contributed by atoms with Crippen LogP contribution in [0.2, 0.25) is 0 Å². The molecule has 0 aromatic carbocycles. The SMILES string of the molecule is CC(=NC(C(=O)N1CC(F)(F)C[C@@H]1C)C(=S)c1cnc(NC2(C(F)(F)F)CCC2)cc1C(F)(F)F)C(=O)NCC(C)(C)O. The number of anilines is 1. The fourth-order valence-electron chi connectivity index (χ4n) is 4.72. The minimum Gasteiger partial charge on any atom is -0.389 e. The Kier molecular flexibility index (Phi) is 9.52. The highest BCUT2D eigenvalue weighted by atomic mass is 32.1. The lowest BCUT2D eigenvalue weighted by atomic mass is 9.76. The molecule has 3 N–H and O–H groups in total. The van der Waals surface area contributed by atoms with Gasteiger partial charge in [-0.2, -0.15) is 26.3 Å². The minimum absolute atomic E-state index is 0.194. The molecule has 2 fully saturated rings. The number of nitrogens with zero attached hydrogens (tertiary/aromatic N) is 3. The summed E-state index contributed by atoms with van der Waals surface area (Å²) in [6.45, 7) is 3.82. The van der Waals surface area contributed by atoms with Gasteiger partial charge in [0.1, 0.15) is 11.4 Å². The number of aliphatic hydroxyl groups is 1. The summed E-state index contributed by atoms with van der Waals surface area (Å²) in [5.74, 6) is -6.16. The quantitative estimate of drug-likeness (QED) is 0.156. The van der Waals surface area contributed by atoms with Crippen molar-refractivity contribution in [3.05, 3.63) is 23.4 Å². The normalized spacial score (nSPS) is 21.2. The molecule has 2 atom stereocenters. The molecule has 1 saturated heterocycles. The molecule has 240 valence electrons. The smallest absolute Gasteiger partial charge is 0.389 e. The zero-order valence-electron chi connectivity index (χ0n) is 23.6. The van der Waals surface area contributed by atoms with E-state index in [9.17, 15) is 49.8 Å². The van der Waals surface area contributed by atoms with Crippen molar-refractivity contribution >= 4 is 40.4 Å². The van der Waals surface area contributed by atoms with Crippen molar-refractivity contribution in [1.82, 2.24) is 15.2 Å². The number of amides is 2. The van der Waals surface area contributed by atoms with Gasteiger partial charge in [0.25, 0.3) is 17.7 Å². The number of carbonyl (C=O) groups excluding carboxylic acids is 2. The van der Waals surface area contributed by atoms with E-state index in [4.69, 9.17) is 12.2 Å². The molecule has 1 aromatic heterocycles. The Bertz CT molecular complexity index is 1290. The second-order valence-electron chi connectivity index (χ2n) is 11.5. The van der Waals surface area contributed by atoms with Crippen LogP contribution in [0, 0.1) is 0 Å². The molecule has 1 aliphatic heterocycles. The average molecular weight is 646 g/mol. The highest BCUT2D eigenvalue weighted by Crippen LogP contribution is 2.47. The Morgan fingerprint density at radius 3 is 2.26 bits per heavy atom. The lowest BCUT2D eigenvalue weighted by Gasteiger charge is -2.44. The van der Waals surface area contributed by atoms with E-state index in [1.165, 1.54) is 20.8 Å². The molecule has 1 saturated carbocycles. The fraction of sp³-hybridized carbons (Fsp3) is 0.654. The largest absolute Gasteiger partial charge is 0.417 e. The Balaban J connectivity index is 2.06. The van der Waals surface area contributed by atoms with E-state index in [2.05, 4.69) is 20.6 Å². The van der Waals surface area contributed by atoms with E-state index < -0.39 is 93.8 Å². The summed E-state index contributed by atoms with van der Waals surface area (Å²) >= 11 is 5.23. The van der Waals surface area contributed by atoms with Crippen LogP contribution in [0.4, 0.5) is 40.9 Å². The number of aliphatic imine (C=N–C) groups is 1. The maximum Gasteiger partial charge on any atom is 0.417 e. The molecule has 1 aromatic rings. The van der Waals surface area contributed by atoms with E-state index >= 15 is 0 Å². The minimum atomic E-state index is -5.20. The summed E-state index contributed by atoms with van der Waals surface area (Å²) in [5.41, 5.74) is -6.71. The average Bonchev–Trinajstić information content (AvgIpc) is 3.12. The summed E-state index contributed by atoms with van der Waals surface area (Å²) < 4.78 is 112. The molecule has 43 heavy (non-hydrogen) atoms. The van der Waals surface area contributed by atoms with Crippen molar-refractivity contribution < 1.29 is 49.8 Å². The van der Waals surface area contributed by atoms with Gasteiger partial charge in [-0.3, -0.25) is 14.6 Å². The van der Waals surface area contributed by atoms with Crippen LogP contribution in [0.1, 0.15) is 64.5 Å². The fourth-order valence-corrected chi connectivity index (χ4v) is 5.04. The van der Waals surface area contributed by atoms with E-state index in [0.29, 0.717) is 17.2 Å². The lowest BCUT2D eigenvalue weighted by Crippen LogP contribution is -2.57. The van der Waals surface area contributed by atoms with Gasteiger partial charge in [0.15, 0.2) is 6.04 Å². The predicted octanol–water partition coefficient (Wildman–Crippen LogP) is 4.69. The second-order valence-corrected chi connectivity index (χ2v) is 12.0. The maximum absolute atomic E-state index is 14.2. The molecule has 2 heterocycles.